The molecule has 161 valence electrons. The molecule has 0 aliphatic carbocycles. The van der Waals surface area contributed by atoms with Crippen LogP contribution in [-0.4, -0.2) is 53.6 Å². The summed E-state index contributed by atoms with van der Waals surface area (Å²) in [6.07, 6.45) is 6.24. The van der Waals surface area contributed by atoms with Crippen molar-refractivity contribution < 1.29 is 4.79 Å². The predicted molar refractivity (Wildman–Crippen MR) is 126 cm³/mol. The van der Waals surface area contributed by atoms with Gasteiger partial charge in [-0.05, 0) is 24.6 Å². The summed E-state index contributed by atoms with van der Waals surface area (Å²) in [5, 5.41) is 4.33. The second-order valence-corrected chi connectivity index (χ2v) is 14.7. The fourth-order valence-corrected chi connectivity index (χ4v) is 7.71. The van der Waals surface area contributed by atoms with Gasteiger partial charge in [-0.3, -0.25) is 4.79 Å². The van der Waals surface area contributed by atoms with Gasteiger partial charge in [0.2, 0.25) is 11.9 Å². The predicted octanol–water partition coefficient (Wildman–Crippen LogP) is 3.74. The number of aromatic nitrogens is 4. The van der Waals surface area contributed by atoms with Crippen molar-refractivity contribution in [2.75, 3.05) is 28.7 Å². The number of carbonyl (C=O) groups excluding carboxylic acids is 1. The van der Waals surface area contributed by atoms with E-state index < -0.39 is 8.07 Å². The minimum absolute atomic E-state index is 0.0913. The second-order valence-electron chi connectivity index (χ2n) is 9.42. The zero-order chi connectivity index (χ0) is 21.8. The van der Waals surface area contributed by atoms with Gasteiger partial charge in [-0.2, -0.15) is 24.1 Å². The van der Waals surface area contributed by atoms with Crippen LogP contribution in [0.3, 0.4) is 0 Å². The lowest BCUT2D eigenvalue weighted by Crippen LogP contribution is -2.48. The Morgan fingerprint density at radius 2 is 2.03 bits per heavy atom. The lowest BCUT2D eigenvalue weighted by molar-refractivity contribution is -0.117. The van der Waals surface area contributed by atoms with Crippen molar-refractivity contribution in [1.82, 2.24) is 19.9 Å². The van der Waals surface area contributed by atoms with Gasteiger partial charge >= 0.3 is 0 Å². The van der Waals surface area contributed by atoms with Crippen LogP contribution < -0.4 is 15.1 Å². The van der Waals surface area contributed by atoms with Crippen LogP contribution in [0.15, 0.2) is 30.9 Å². The number of nitrogens with one attached hydrogen (secondary N) is 1. The van der Waals surface area contributed by atoms with E-state index in [0.29, 0.717) is 18.5 Å². The van der Waals surface area contributed by atoms with E-state index in [9.17, 15) is 4.79 Å². The van der Waals surface area contributed by atoms with E-state index in [2.05, 4.69) is 38.3 Å². The first-order valence-corrected chi connectivity index (χ1v) is 14.1. The molecule has 1 atom stereocenters. The van der Waals surface area contributed by atoms with Crippen molar-refractivity contribution in [3.05, 3.63) is 36.4 Å². The van der Waals surface area contributed by atoms with Crippen molar-refractivity contribution in [3.63, 3.8) is 0 Å². The Labute approximate surface area is 182 Å². The average molecular weight is 434 g/mol. The fraction of sp³-hybridized carbons (Fsp3) is 0.409. The Morgan fingerprint density at radius 3 is 2.81 bits per heavy atom. The lowest BCUT2D eigenvalue weighted by atomic mass is 10.1. The highest BCUT2D eigenvalue weighted by Gasteiger charge is 2.36. The molecule has 1 unspecified atom stereocenters. The zero-order valence-corrected chi connectivity index (χ0v) is 19.4. The number of carbonyl (C=O) groups is 1. The van der Waals surface area contributed by atoms with E-state index in [4.69, 9.17) is 4.98 Å². The summed E-state index contributed by atoms with van der Waals surface area (Å²) in [5.74, 6) is 1.46. The van der Waals surface area contributed by atoms with Crippen molar-refractivity contribution >= 4 is 48.0 Å². The van der Waals surface area contributed by atoms with Crippen molar-refractivity contribution in [3.8, 4) is 0 Å². The Kier molecular flexibility index (Phi) is 4.65. The van der Waals surface area contributed by atoms with E-state index in [0.717, 1.165) is 40.1 Å². The summed E-state index contributed by atoms with van der Waals surface area (Å²) < 4.78 is 0. The van der Waals surface area contributed by atoms with Crippen LogP contribution in [0.5, 0.6) is 0 Å². The van der Waals surface area contributed by atoms with E-state index in [1.807, 2.05) is 19.1 Å². The molecule has 2 aliphatic heterocycles. The number of anilines is 4. The molecule has 2 aromatic heterocycles. The molecule has 8 nitrogen and oxygen atoms in total. The maximum absolute atomic E-state index is 12.6. The highest BCUT2D eigenvalue weighted by atomic mass is 28.3. The molecule has 0 radical (unpaired) electrons. The second kappa shape index (κ2) is 7.26. The van der Waals surface area contributed by atoms with Gasteiger partial charge in [0.15, 0.2) is 5.82 Å². The minimum Gasteiger partial charge on any atom is -0.345 e. The van der Waals surface area contributed by atoms with Crippen LogP contribution in [0.4, 0.5) is 23.1 Å². The molecule has 2 aliphatic rings. The quantitative estimate of drug-likeness (QED) is 0.630. The maximum atomic E-state index is 12.6. The Hall–Kier alpha value is -3.07. The van der Waals surface area contributed by atoms with Crippen LogP contribution in [0, 0.1) is 6.92 Å². The molecule has 4 heterocycles. The van der Waals surface area contributed by atoms with Crippen molar-refractivity contribution in [1.29, 1.82) is 0 Å². The van der Waals surface area contributed by atoms with Crippen LogP contribution in [0.25, 0.3) is 10.9 Å². The number of rotatable bonds is 3. The van der Waals surface area contributed by atoms with Gasteiger partial charge in [0.1, 0.15) is 12.0 Å². The van der Waals surface area contributed by atoms with Crippen molar-refractivity contribution in [2.24, 2.45) is 0 Å². The van der Waals surface area contributed by atoms with Gasteiger partial charge in [0.05, 0.1) is 18.3 Å². The number of aryl methyl sites for hydroxylation is 1. The smallest absolute Gasteiger partial charge is 0.246 e. The molecule has 1 saturated heterocycles. The van der Waals surface area contributed by atoms with E-state index in [1.165, 1.54) is 12.1 Å². The molecule has 1 N–H and O–H groups in total. The fourth-order valence-electron chi connectivity index (χ4n) is 4.69. The first-order valence-electron chi connectivity index (χ1n) is 10.7. The topological polar surface area (TPSA) is 87.1 Å². The number of amides is 1. The van der Waals surface area contributed by atoms with Gasteiger partial charge in [-0.15, -0.1) is 14.1 Å². The molecule has 0 bridgehead atoms. The SMILES string of the molecule is Cc1cc2ncncc2cc1Nc1ncc2c(n1)N(C1CC[Si-](C)(C)C1)CC(=O)N2C. The molecule has 1 amide bonds. The van der Waals surface area contributed by atoms with Crippen LogP contribution in [-0.2, 0) is 4.79 Å². The summed E-state index contributed by atoms with van der Waals surface area (Å²) in [6.45, 7) is 7.28. The summed E-state index contributed by atoms with van der Waals surface area (Å²) in [7, 11) is 0.608. The number of nitrogens with zero attached hydrogens (tertiary/aromatic N) is 6. The molecule has 1 fully saturated rings. The molecule has 5 rings (SSSR count). The first-order chi connectivity index (χ1) is 14.8. The standard InChI is InChI=1S/C22H27N7OSi/c1-14-7-18-15(9-23-13-25-18)8-17(14)26-22-24-10-19-21(27-22)29(11-20(30)28(19)2)16-5-6-31(3,4)12-16/h7-10,13,16H,5-6,11-12H2,1-4H3,(H,24,26,27)/q-1. The van der Waals surface area contributed by atoms with Crippen molar-refractivity contribution in [2.45, 2.75) is 44.6 Å². The van der Waals surface area contributed by atoms with Crippen LogP contribution in [0.1, 0.15) is 12.0 Å². The molecule has 3 aromatic rings. The monoisotopic (exact) mass is 433 g/mol. The highest BCUT2D eigenvalue weighted by molar-refractivity contribution is 6.78. The highest BCUT2D eigenvalue weighted by Crippen LogP contribution is 2.40. The summed E-state index contributed by atoms with van der Waals surface area (Å²) in [4.78, 5) is 34.4. The third-order valence-corrected chi connectivity index (χ3v) is 9.76. The average Bonchev–Trinajstić information content (AvgIpc) is 3.10. The van der Waals surface area contributed by atoms with Gasteiger partial charge < -0.3 is 15.1 Å². The summed E-state index contributed by atoms with van der Waals surface area (Å²) >= 11 is 0. The van der Waals surface area contributed by atoms with Crippen LogP contribution in [0.2, 0.25) is 25.2 Å². The summed E-state index contributed by atoms with van der Waals surface area (Å²) in [5.41, 5.74) is 3.66. The minimum atomic E-state index is -1.19. The van der Waals surface area contributed by atoms with E-state index in [1.54, 1.807) is 30.7 Å². The Bertz CT molecular complexity index is 1180. The number of hydrogen-bond acceptors (Lipinski definition) is 7. The van der Waals surface area contributed by atoms with Gasteiger partial charge in [-0.25, -0.2) is 15.0 Å². The first kappa shape index (κ1) is 19.9. The lowest BCUT2D eigenvalue weighted by Gasteiger charge is -2.39. The zero-order valence-electron chi connectivity index (χ0n) is 18.4. The normalized spacial score (nSPS) is 20.3. The Morgan fingerprint density at radius 1 is 1.19 bits per heavy atom. The van der Waals surface area contributed by atoms with Crippen LogP contribution >= 0.6 is 0 Å². The maximum Gasteiger partial charge on any atom is 0.246 e. The molecular weight excluding hydrogens is 406 g/mol. The summed E-state index contributed by atoms with van der Waals surface area (Å²) in [6, 6.07) is 6.91. The molecule has 9 heteroatoms. The third kappa shape index (κ3) is 3.63. The number of likely N-dealkylation sites (N-methyl/N-ethyl adjacent to an activating group) is 1. The molecular formula is C22H27N7OSi-. The Balaban J connectivity index is 1.51. The molecule has 31 heavy (non-hydrogen) atoms. The largest absolute Gasteiger partial charge is 0.345 e. The molecule has 1 aromatic carbocycles. The number of benzene rings is 1. The van der Waals surface area contributed by atoms with Gasteiger partial charge in [0.25, 0.3) is 0 Å². The molecule has 0 spiro atoms. The van der Waals surface area contributed by atoms with Gasteiger partial charge in [-0.1, -0.05) is 6.42 Å². The van der Waals surface area contributed by atoms with E-state index >= 15 is 0 Å². The molecule has 0 saturated carbocycles. The number of fused-ring (bicyclic) bond motifs is 2. The third-order valence-electron chi connectivity index (χ3n) is 6.54. The van der Waals surface area contributed by atoms with Gasteiger partial charge in [0, 0.05) is 30.4 Å². The number of hydrogen-bond donors (Lipinski definition) is 1. The van der Waals surface area contributed by atoms with E-state index in [-0.39, 0.29) is 5.91 Å².